The van der Waals surface area contributed by atoms with Gasteiger partial charge in [0.05, 0.1) is 5.39 Å². The Morgan fingerprint density at radius 1 is 1.31 bits per heavy atom. The predicted molar refractivity (Wildman–Crippen MR) is 102 cm³/mol. The van der Waals surface area contributed by atoms with E-state index in [1.165, 1.54) is 17.6 Å². The van der Waals surface area contributed by atoms with Crippen molar-refractivity contribution in [1.82, 2.24) is 24.8 Å². The van der Waals surface area contributed by atoms with Crippen LogP contribution in [0.5, 0.6) is 0 Å². The lowest BCUT2D eigenvalue weighted by Crippen LogP contribution is -2.47. The largest absolute Gasteiger partial charge is 0.343 e. The number of carbonyl (C=O) groups is 1. The Hall–Kier alpha value is -1.66. The molecule has 2 aromatic heterocycles. The minimum atomic E-state index is 0.318. The van der Waals surface area contributed by atoms with Crippen molar-refractivity contribution in [3.63, 3.8) is 0 Å². The molecule has 26 heavy (non-hydrogen) atoms. The molecule has 0 bridgehead atoms. The van der Waals surface area contributed by atoms with Gasteiger partial charge in [0.25, 0.3) is 0 Å². The maximum Gasteiger partial charge on any atom is 0.222 e. The highest BCUT2D eigenvalue weighted by molar-refractivity contribution is 6.34. The van der Waals surface area contributed by atoms with Gasteiger partial charge in [-0.25, -0.2) is 9.97 Å². The third kappa shape index (κ3) is 3.58. The first-order valence-electron chi connectivity index (χ1n) is 9.58. The van der Waals surface area contributed by atoms with Crippen molar-refractivity contribution in [2.45, 2.75) is 38.5 Å². The average Bonchev–Trinajstić information content (AvgIpc) is 3.01. The smallest absolute Gasteiger partial charge is 0.222 e. The third-order valence-corrected chi connectivity index (χ3v) is 6.18. The lowest BCUT2D eigenvalue weighted by molar-refractivity contribution is -0.132. The van der Waals surface area contributed by atoms with E-state index in [0.29, 0.717) is 23.4 Å². The van der Waals surface area contributed by atoms with Gasteiger partial charge in [0.15, 0.2) is 0 Å². The van der Waals surface area contributed by atoms with Crippen molar-refractivity contribution in [3.8, 4) is 0 Å². The number of carbonyl (C=O) groups excluding carboxylic acids is 1. The Bertz CT molecular complexity index is 797. The normalized spacial score (nSPS) is 21.2. The van der Waals surface area contributed by atoms with Crippen molar-refractivity contribution >= 4 is 28.5 Å². The van der Waals surface area contributed by atoms with Gasteiger partial charge < -0.3 is 14.8 Å². The van der Waals surface area contributed by atoms with Gasteiger partial charge in [-0.1, -0.05) is 11.6 Å². The van der Waals surface area contributed by atoms with Crippen LogP contribution >= 0.6 is 11.6 Å². The molecule has 140 valence electrons. The Morgan fingerprint density at radius 3 is 2.92 bits per heavy atom. The van der Waals surface area contributed by atoms with Crippen molar-refractivity contribution in [2.24, 2.45) is 5.92 Å². The van der Waals surface area contributed by atoms with E-state index in [2.05, 4.69) is 26.9 Å². The number of hydrogen-bond donors (Lipinski definition) is 1. The molecule has 1 atom stereocenters. The predicted octanol–water partition coefficient (Wildman–Crippen LogP) is 2.66. The van der Waals surface area contributed by atoms with Gasteiger partial charge in [0.1, 0.15) is 17.1 Å². The first-order valence-corrected chi connectivity index (χ1v) is 9.96. The quantitative estimate of drug-likeness (QED) is 0.834. The number of nitrogens with zero attached hydrogens (tertiary/aromatic N) is 4. The topological polar surface area (TPSA) is 65.1 Å². The molecule has 1 amide bonds. The standard InChI is InChI=1S/C19H26ClN5O/c1-24-7-9-25(10-8-24)16(26)4-2-3-13-5-6-15-14(11-13)17-18(20)21-12-22-19(17)23-15/h12-13H,2-11H2,1H3,(H,21,22,23). The second kappa shape index (κ2) is 7.53. The Morgan fingerprint density at radius 2 is 2.12 bits per heavy atom. The molecule has 6 nitrogen and oxygen atoms in total. The van der Waals surface area contributed by atoms with Crippen LogP contribution in [0.15, 0.2) is 6.33 Å². The molecular weight excluding hydrogens is 350 g/mol. The van der Waals surface area contributed by atoms with E-state index in [4.69, 9.17) is 11.6 Å². The van der Waals surface area contributed by atoms with Crippen molar-refractivity contribution in [2.75, 3.05) is 33.2 Å². The van der Waals surface area contributed by atoms with Crippen LogP contribution in [0.3, 0.4) is 0 Å². The number of likely N-dealkylation sites (N-methyl/N-ethyl adjacent to an activating group) is 1. The van der Waals surface area contributed by atoms with Gasteiger partial charge in [-0.15, -0.1) is 0 Å². The molecule has 1 aliphatic carbocycles. The van der Waals surface area contributed by atoms with E-state index >= 15 is 0 Å². The van der Waals surface area contributed by atoms with E-state index in [9.17, 15) is 4.79 Å². The molecule has 4 rings (SSSR count). The lowest BCUT2D eigenvalue weighted by atomic mass is 9.83. The van der Waals surface area contributed by atoms with Gasteiger partial charge in [-0.2, -0.15) is 0 Å². The number of nitrogens with one attached hydrogen (secondary N) is 1. The Balaban J connectivity index is 1.32. The van der Waals surface area contributed by atoms with E-state index < -0.39 is 0 Å². The molecule has 3 heterocycles. The SMILES string of the molecule is CN1CCN(C(=O)CCCC2CCc3[nH]c4ncnc(Cl)c4c3C2)CC1. The molecule has 0 spiro atoms. The van der Waals surface area contributed by atoms with Crippen molar-refractivity contribution in [1.29, 1.82) is 0 Å². The van der Waals surface area contributed by atoms with Crippen LogP contribution in [-0.4, -0.2) is 63.9 Å². The van der Waals surface area contributed by atoms with Crippen molar-refractivity contribution in [3.05, 3.63) is 22.7 Å². The molecule has 0 aromatic carbocycles. The van der Waals surface area contributed by atoms with Crippen LogP contribution in [-0.2, 0) is 17.6 Å². The molecule has 2 aliphatic rings. The summed E-state index contributed by atoms with van der Waals surface area (Å²) in [4.78, 5) is 28.5. The molecule has 0 radical (unpaired) electrons. The van der Waals surface area contributed by atoms with E-state index in [1.54, 1.807) is 0 Å². The summed E-state index contributed by atoms with van der Waals surface area (Å²) >= 11 is 6.30. The maximum atomic E-state index is 12.4. The summed E-state index contributed by atoms with van der Waals surface area (Å²) in [5.41, 5.74) is 3.39. The molecular formula is C19H26ClN5O. The number of hydrogen-bond acceptors (Lipinski definition) is 4. The number of halogens is 1. The number of rotatable bonds is 4. The zero-order valence-electron chi connectivity index (χ0n) is 15.3. The summed E-state index contributed by atoms with van der Waals surface area (Å²) in [5, 5.41) is 1.53. The van der Waals surface area contributed by atoms with Crippen molar-refractivity contribution < 1.29 is 4.79 Å². The number of aromatic amines is 1. The van der Waals surface area contributed by atoms with Crippen LogP contribution in [0.2, 0.25) is 5.15 Å². The maximum absolute atomic E-state index is 12.4. The fourth-order valence-electron chi connectivity index (χ4n) is 4.28. The summed E-state index contributed by atoms with van der Waals surface area (Å²) in [6.45, 7) is 3.72. The molecule has 1 saturated heterocycles. The highest BCUT2D eigenvalue weighted by Gasteiger charge is 2.25. The fraction of sp³-hybridized carbons (Fsp3) is 0.632. The number of aromatic nitrogens is 3. The van der Waals surface area contributed by atoms with E-state index in [0.717, 1.165) is 69.3 Å². The van der Waals surface area contributed by atoms with Crippen LogP contribution < -0.4 is 0 Å². The zero-order chi connectivity index (χ0) is 18.1. The highest BCUT2D eigenvalue weighted by atomic mass is 35.5. The molecule has 1 aliphatic heterocycles. The van der Waals surface area contributed by atoms with E-state index in [1.807, 2.05) is 4.90 Å². The van der Waals surface area contributed by atoms with Crippen LogP contribution in [0.4, 0.5) is 0 Å². The zero-order valence-corrected chi connectivity index (χ0v) is 16.1. The number of fused-ring (bicyclic) bond motifs is 3. The number of aryl methyl sites for hydroxylation is 1. The van der Waals surface area contributed by atoms with E-state index in [-0.39, 0.29) is 0 Å². The Kier molecular flexibility index (Phi) is 5.14. The highest BCUT2D eigenvalue weighted by Crippen LogP contribution is 2.35. The van der Waals surface area contributed by atoms with Crippen LogP contribution in [0.25, 0.3) is 11.0 Å². The first kappa shape index (κ1) is 17.7. The van der Waals surface area contributed by atoms with Crippen LogP contribution in [0, 0.1) is 5.92 Å². The summed E-state index contributed by atoms with van der Waals surface area (Å²) < 4.78 is 0. The summed E-state index contributed by atoms with van der Waals surface area (Å²) in [6, 6.07) is 0. The molecule has 1 N–H and O–H groups in total. The fourth-order valence-corrected chi connectivity index (χ4v) is 4.52. The molecule has 1 fully saturated rings. The summed E-state index contributed by atoms with van der Waals surface area (Å²) in [5.74, 6) is 0.927. The number of H-pyrrole nitrogens is 1. The molecule has 1 unspecified atom stereocenters. The molecule has 7 heteroatoms. The third-order valence-electron chi connectivity index (χ3n) is 5.89. The summed E-state index contributed by atoms with van der Waals surface area (Å²) in [6.07, 6.45) is 7.44. The number of amides is 1. The van der Waals surface area contributed by atoms with Gasteiger partial charge in [0.2, 0.25) is 5.91 Å². The second-order valence-corrected chi connectivity index (χ2v) is 8.01. The number of piperazine rings is 1. The van der Waals surface area contributed by atoms with Gasteiger partial charge in [-0.05, 0) is 50.6 Å². The average molecular weight is 376 g/mol. The minimum absolute atomic E-state index is 0.318. The van der Waals surface area contributed by atoms with Crippen LogP contribution in [0.1, 0.15) is 36.9 Å². The Labute approximate surface area is 158 Å². The molecule has 2 aromatic rings. The van der Waals surface area contributed by atoms with Gasteiger partial charge >= 0.3 is 0 Å². The minimum Gasteiger partial charge on any atom is -0.343 e. The van der Waals surface area contributed by atoms with Gasteiger partial charge in [0, 0.05) is 38.3 Å². The van der Waals surface area contributed by atoms with Gasteiger partial charge in [-0.3, -0.25) is 4.79 Å². The first-order chi connectivity index (χ1) is 12.6. The molecule has 0 saturated carbocycles. The monoisotopic (exact) mass is 375 g/mol. The summed E-state index contributed by atoms with van der Waals surface area (Å²) in [7, 11) is 2.11. The lowest BCUT2D eigenvalue weighted by Gasteiger charge is -2.32. The second-order valence-electron chi connectivity index (χ2n) is 7.66.